The molecule has 34 heavy (non-hydrogen) atoms. The van der Waals surface area contributed by atoms with Crippen molar-refractivity contribution in [3.05, 3.63) is 94.1 Å². The number of hydrogen-bond donors (Lipinski definition) is 0. The number of ether oxygens (including phenoxy) is 4. The molecule has 5 heteroatoms. The molecular formula is C29H26O5. The van der Waals surface area contributed by atoms with Crippen molar-refractivity contribution in [2.45, 2.75) is 38.0 Å². The first-order valence-corrected chi connectivity index (χ1v) is 11.8. The molecule has 0 aromatic heterocycles. The smallest absolute Gasteiger partial charge is 0.343 e. The Labute approximate surface area is 198 Å². The number of carbonyl (C=O) groups excluding carboxylic acids is 1. The van der Waals surface area contributed by atoms with Crippen molar-refractivity contribution >= 4 is 5.97 Å². The lowest BCUT2D eigenvalue weighted by molar-refractivity contribution is 0.0728. The first kappa shape index (κ1) is 20.8. The lowest BCUT2D eigenvalue weighted by Crippen LogP contribution is -2.14. The van der Waals surface area contributed by atoms with E-state index in [1.807, 2.05) is 24.3 Å². The van der Waals surface area contributed by atoms with Crippen LogP contribution in [0.25, 0.3) is 0 Å². The highest BCUT2D eigenvalue weighted by Crippen LogP contribution is 2.45. The van der Waals surface area contributed by atoms with Crippen LogP contribution < -0.4 is 18.9 Å². The molecule has 0 N–H and O–H groups in total. The summed E-state index contributed by atoms with van der Waals surface area (Å²) in [5.74, 6) is 2.73. The molecule has 3 aliphatic rings. The number of fused-ring (bicyclic) bond motifs is 6. The molecule has 0 saturated carbocycles. The van der Waals surface area contributed by atoms with Gasteiger partial charge in [-0.1, -0.05) is 35.9 Å². The maximum absolute atomic E-state index is 12.9. The number of methoxy groups -OCH3 is 1. The van der Waals surface area contributed by atoms with E-state index >= 15 is 0 Å². The number of benzene rings is 3. The molecule has 1 heterocycles. The molecule has 0 radical (unpaired) electrons. The van der Waals surface area contributed by atoms with E-state index in [4.69, 9.17) is 18.9 Å². The molecule has 0 amide bonds. The summed E-state index contributed by atoms with van der Waals surface area (Å²) in [7, 11) is 1.61. The van der Waals surface area contributed by atoms with Gasteiger partial charge < -0.3 is 18.9 Å². The Morgan fingerprint density at radius 1 is 0.941 bits per heavy atom. The van der Waals surface area contributed by atoms with Gasteiger partial charge in [-0.3, -0.25) is 0 Å². The van der Waals surface area contributed by atoms with E-state index in [0.29, 0.717) is 29.4 Å². The predicted molar refractivity (Wildman–Crippen MR) is 128 cm³/mol. The van der Waals surface area contributed by atoms with Crippen LogP contribution in [0.1, 0.15) is 51.4 Å². The molecule has 0 saturated heterocycles. The summed E-state index contributed by atoms with van der Waals surface area (Å²) >= 11 is 0. The van der Waals surface area contributed by atoms with Crippen LogP contribution in [0.5, 0.6) is 23.0 Å². The molecule has 3 aromatic carbocycles. The maximum atomic E-state index is 12.9. The standard InChI is InChI=1S/C29H26O5/c1-31-25-12-10-20-14-22-13-18(7-9-21-15-26-27(16-24(21)22)33-17-32-26)8-11-23(20)28(25)34-29(30)19-5-3-2-4-6-19/h2-6,8,10,12,15-16,22H,7,9,11,13-14,17H2,1H3/b18-8+. The largest absolute Gasteiger partial charge is 0.493 e. The molecule has 1 aliphatic heterocycles. The van der Waals surface area contributed by atoms with Gasteiger partial charge in [-0.2, -0.15) is 0 Å². The van der Waals surface area contributed by atoms with Gasteiger partial charge in [-0.15, -0.1) is 0 Å². The van der Waals surface area contributed by atoms with Gasteiger partial charge in [0.25, 0.3) is 0 Å². The highest BCUT2D eigenvalue weighted by Gasteiger charge is 2.29. The molecule has 2 aliphatic carbocycles. The number of carbonyl (C=O) groups is 1. The fourth-order valence-electron chi connectivity index (χ4n) is 5.36. The summed E-state index contributed by atoms with van der Waals surface area (Å²) in [4.78, 5) is 12.9. The van der Waals surface area contributed by atoms with E-state index in [0.717, 1.165) is 42.7 Å². The first-order valence-electron chi connectivity index (χ1n) is 11.8. The summed E-state index contributed by atoms with van der Waals surface area (Å²) in [5, 5.41) is 0. The Morgan fingerprint density at radius 2 is 1.76 bits per heavy atom. The van der Waals surface area contributed by atoms with Crippen molar-refractivity contribution in [1.82, 2.24) is 0 Å². The Hall–Kier alpha value is -3.73. The van der Waals surface area contributed by atoms with Crippen LogP contribution in [0.3, 0.4) is 0 Å². The second-order valence-corrected chi connectivity index (χ2v) is 9.07. The van der Waals surface area contributed by atoms with Crippen molar-refractivity contribution in [3.63, 3.8) is 0 Å². The van der Waals surface area contributed by atoms with Gasteiger partial charge in [-0.05, 0) is 85.0 Å². The van der Waals surface area contributed by atoms with Crippen molar-refractivity contribution in [1.29, 1.82) is 0 Å². The van der Waals surface area contributed by atoms with Gasteiger partial charge in [0.2, 0.25) is 6.79 Å². The zero-order valence-electron chi connectivity index (χ0n) is 19.1. The summed E-state index contributed by atoms with van der Waals surface area (Å²) in [6, 6.07) is 17.4. The molecule has 3 aromatic rings. The molecule has 1 atom stereocenters. The lowest BCUT2D eigenvalue weighted by atomic mass is 9.82. The zero-order valence-corrected chi connectivity index (χ0v) is 19.1. The van der Waals surface area contributed by atoms with E-state index < -0.39 is 0 Å². The summed E-state index contributed by atoms with van der Waals surface area (Å²) < 4.78 is 22.9. The van der Waals surface area contributed by atoms with Crippen molar-refractivity contribution in [3.8, 4) is 23.0 Å². The van der Waals surface area contributed by atoms with E-state index in [1.165, 1.54) is 22.3 Å². The minimum atomic E-state index is -0.377. The topological polar surface area (TPSA) is 54.0 Å². The molecule has 172 valence electrons. The van der Waals surface area contributed by atoms with Gasteiger partial charge in [0, 0.05) is 5.56 Å². The average molecular weight is 455 g/mol. The number of hydrogen-bond acceptors (Lipinski definition) is 5. The SMILES string of the molecule is COc1ccc2c(c1OC(=O)c1ccccc1)C/C=C1\CCc3cc4c(cc3C(C1)C2)OCO4. The minimum absolute atomic E-state index is 0.285. The molecule has 0 spiro atoms. The molecule has 2 bridgehead atoms. The fraction of sp³-hybridized carbons (Fsp3) is 0.276. The summed E-state index contributed by atoms with van der Waals surface area (Å²) in [6.07, 6.45) is 6.92. The van der Waals surface area contributed by atoms with Gasteiger partial charge in [0.05, 0.1) is 12.7 Å². The van der Waals surface area contributed by atoms with Crippen LogP contribution in [0.15, 0.2) is 66.2 Å². The highest BCUT2D eigenvalue weighted by molar-refractivity contribution is 5.91. The molecule has 5 nitrogen and oxygen atoms in total. The zero-order chi connectivity index (χ0) is 23.1. The van der Waals surface area contributed by atoms with Crippen LogP contribution >= 0.6 is 0 Å². The minimum Gasteiger partial charge on any atom is -0.493 e. The molecule has 0 fully saturated rings. The highest BCUT2D eigenvalue weighted by atomic mass is 16.7. The Balaban J connectivity index is 1.41. The van der Waals surface area contributed by atoms with Crippen LogP contribution in [-0.2, 0) is 19.3 Å². The maximum Gasteiger partial charge on any atom is 0.343 e. The number of allylic oxidation sites excluding steroid dienone is 2. The quantitative estimate of drug-likeness (QED) is 0.285. The molecule has 1 unspecified atom stereocenters. The number of esters is 1. The van der Waals surface area contributed by atoms with Crippen LogP contribution in [0.4, 0.5) is 0 Å². The second kappa shape index (κ2) is 8.56. The van der Waals surface area contributed by atoms with Gasteiger partial charge in [0.1, 0.15) is 0 Å². The van der Waals surface area contributed by atoms with Crippen molar-refractivity contribution < 1.29 is 23.7 Å². The third-order valence-electron chi connectivity index (χ3n) is 7.11. The van der Waals surface area contributed by atoms with Gasteiger partial charge >= 0.3 is 5.97 Å². The third kappa shape index (κ3) is 3.71. The van der Waals surface area contributed by atoms with Crippen LogP contribution in [0, 0.1) is 0 Å². The predicted octanol–water partition coefficient (Wildman–Crippen LogP) is 5.79. The van der Waals surface area contributed by atoms with Crippen LogP contribution in [-0.4, -0.2) is 19.9 Å². The van der Waals surface area contributed by atoms with E-state index in [-0.39, 0.29) is 12.8 Å². The Bertz CT molecular complexity index is 1290. The number of rotatable bonds is 3. The van der Waals surface area contributed by atoms with Gasteiger partial charge in [-0.25, -0.2) is 4.79 Å². The third-order valence-corrected chi connectivity index (χ3v) is 7.11. The van der Waals surface area contributed by atoms with Crippen LogP contribution in [0.2, 0.25) is 0 Å². The monoisotopic (exact) mass is 454 g/mol. The van der Waals surface area contributed by atoms with Crippen molar-refractivity contribution in [2.75, 3.05) is 13.9 Å². The first-order chi connectivity index (χ1) is 16.7. The van der Waals surface area contributed by atoms with E-state index in [1.54, 1.807) is 19.2 Å². The average Bonchev–Trinajstić information content (AvgIpc) is 3.24. The lowest BCUT2D eigenvalue weighted by Gasteiger charge is -2.24. The summed E-state index contributed by atoms with van der Waals surface area (Å²) in [5.41, 5.74) is 6.84. The van der Waals surface area contributed by atoms with Crippen molar-refractivity contribution in [2.24, 2.45) is 0 Å². The van der Waals surface area contributed by atoms with Gasteiger partial charge in [0.15, 0.2) is 23.0 Å². The number of aryl methyl sites for hydroxylation is 1. The second-order valence-electron chi connectivity index (χ2n) is 9.07. The summed E-state index contributed by atoms with van der Waals surface area (Å²) in [6.45, 7) is 0.285. The Morgan fingerprint density at radius 3 is 2.59 bits per heavy atom. The normalized spacial score (nSPS) is 19.4. The molecular weight excluding hydrogens is 428 g/mol. The Kier molecular flexibility index (Phi) is 5.25. The van der Waals surface area contributed by atoms with E-state index in [2.05, 4.69) is 24.3 Å². The fourth-order valence-corrected chi connectivity index (χ4v) is 5.36. The van der Waals surface area contributed by atoms with E-state index in [9.17, 15) is 4.79 Å². The molecule has 6 rings (SSSR count).